The molecule has 0 amide bonds. The Hall–Kier alpha value is -5.40. The zero-order valence-electron chi connectivity index (χ0n) is 25.3. The second-order valence-corrected chi connectivity index (χ2v) is 11.4. The summed E-state index contributed by atoms with van der Waals surface area (Å²) >= 11 is 0. The van der Waals surface area contributed by atoms with E-state index in [4.69, 9.17) is 10.3 Å². The first-order valence-electron chi connectivity index (χ1n) is 15.1. The smallest absolute Gasteiger partial charge is 0.320 e. The van der Waals surface area contributed by atoms with Crippen molar-refractivity contribution in [3.8, 4) is 22.5 Å². The number of carboxylic acid groups (broad SMARTS) is 1. The fraction of sp³-hybridized carbons (Fsp3) is 0.158. The molecule has 0 aliphatic rings. The number of hydrogen-bond acceptors (Lipinski definition) is 5. The van der Waals surface area contributed by atoms with Crippen LogP contribution in [0.4, 0.5) is 0 Å². The molecule has 6 aromatic rings. The fourth-order valence-corrected chi connectivity index (χ4v) is 6.08. The Morgan fingerprint density at radius 3 is 1.73 bits per heavy atom. The molecule has 7 nitrogen and oxygen atoms in total. The monoisotopic (exact) mass is 593 g/mol. The van der Waals surface area contributed by atoms with E-state index < -0.39 is 17.6 Å². The van der Waals surface area contributed by atoms with Crippen LogP contribution in [-0.2, 0) is 16.9 Å². The number of benzene rings is 5. The van der Waals surface area contributed by atoms with E-state index in [0.717, 1.165) is 38.9 Å². The highest BCUT2D eigenvalue weighted by molar-refractivity contribution is 5.81. The van der Waals surface area contributed by atoms with E-state index in [2.05, 4.69) is 71.2 Å². The Balaban J connectivity index is 1.61. The quantitative estimate of drug-likeness (QED) is 0.157. The molecule has 6 rings (SSSR count). The van der Waals surface area contributed by atoms with Crippen molar-refractivity contribution in [2.24, 2.45) is 5.92 Å². The lowest BCUT2D eigenvalue weighted by molar-refractivity contribution is -0.140. The Bertz CT molecular complexity index is 1760. The maximum Gasteiger partial charge on any atom is 0.320 e. The molecule has 2 N–H and O–H groups in total. The van der Waals surface area contributed by atoms with E-state index in [1.807, 2.05) is 97.4 Å². The number of aromatic nitrogens is 4. The van der Waals surface area contributed by atoms with Crippen molar-refractivity contribution in [1.29, 1.82) is 0 Å². The first kappa shape index (κ1) is 29.7. The molecule has 0 saturated heterocycles. The number of rotatable bonds is 11. The van der Waals surface area contributed by atoms with Gasteiger partial charge in [-0.15, -0.1) is 5.10 Å². The molecule has 7 heteroatoms. The molecular weight excluding hydrogens is 558 g/mol. The zero-order chi connectivity index (χ0) is 31.2. The maximum atomic E-state index is 11.9. The molecule has 5 aromatic carbocycles. The normalized spacial score (nSPS) is 12.2. The third-order valence-electron chi connectivity index (χ3n) is 8.23. The topological polar surface area (TPSA) is 92.9 Å². The number of nitrogens with zero attached hydrogens (tertiary/aromatic N) is 4. The Morgan fingerprint density at radius 1 is 0.733 bits per heavy atom. The van der Waals surface area contributed by atoms with Gasteiger partial charge in [0, 0.05) is 12.1 Å². The molecule has 0 aliphatic carbocycles. The van der Waals surface area contributed by atoms with Gasteiger partial charge in [0.2, 0.25) is 0 Å². The third kappa shape index (κ3) is 5.78. The predicted octanol–water partition coefficient (Wildman–Crippen LogP) is 7.05. The number of hydrogen-bond donors (Lipinski definition) is 2. The third-order valence-corrected chi connectivity index (χ3v) is 8.23. The zero-order valence-corrected chi connectivity index (χ0v) is 25.3. The van der Waals surface area contributed by atoms with Crippen molar-refractivity contribution in [2.75, 3.05) is 0 Å². The SMILES string of the molecule is CC(C)[C@H](NCc1ccc(-c2ccccc2)c(-c2nnnn2C(c2ccccc2)(c2ccccc2)c2ccccc2)c1)C(=O)O. The number of carboxylic acids is 1. The molecule has 1 heterocycles. The molecule has 1 atom stereocenters. The minimum absolute atomic E-state index is 0.0684. The summed E-state index contributed by atoms with van der Waals surface area (Å²) in [5, 5.41) is 26.7. The van der Waals surface area contributed by atoms with Crippen LogP contribution in [0, 0.1) is 5.92 Å². The van der Waals surface area contributed by atoms with Crippen molar-refractivity contribution in [2.45, 2.75) is 32.0 Å². The van der Waals surface area contributed by atoms with E-state index in [-0.39, 0.29) is 5.92 Å². The minimum Gasteiger partial charge on any atom is -0.480 e. The first-order valence-corrected chi connectivity index (χ1v) is 15.1. The van der Waals surface area contributed by atoms with Crippen LogP contribution < -0.4 is 5.32 Å². The van der Waals surface area contributed by atoms with Gasteiger partial charge in [0.15, 0.2) is 5.82 Å². The summed E-state index contributed by atoms with van der Waals surface area (Å²) in [6.45, 7) is 4.18. The van der Waals surface area contributed by atoms with E-state index in [1.54, 1.807) is 0 Å². The van der Waals surface area contributed by atoms with Gasteiger partial charge < -0.3 is 10.4 Å². The van der Waals surface area contributed by atoms with Crippen molar-refractivity contribution in [1.82, 2.24) is 25.5 Å². The highest BCUT2D eigenvalue weighted by atomic mass is 16.4. The van der Waals surface area contributed by atoms with Crippen LogP contribution >= 0.6 is 0 Å². The molecule has 0 unspecified atom stereocenters. The van der Waals surface area contributed by atoms with Gasteiger partial charge in [-0.05, 0) is 55.8 Å². The average molecular weight is 594 g/mol. The Morgan fingerprint density at radius 2 is 1.24 bits per heavy atom. The van der Waals surface area contributed by atoms with Gasteiger partial charge >= 0.3 is 5.97 Å². The molecule has 0 aliphatic heterocycles. The highest BCUT2D eigenvalue weighted by Gasteiger charge is 2.42. The van der Waals surface area contributed by atoms with E-state index in [0.29, 0.717) is 12.4 Å². The van der Waals surface area contributed by atoms with Crippen molar-refractivity contribution in [3.63, 3.8) is 0 Å². The minimum atomic E-state index is -0.906. The molecule has 0 saturated carbocycles. The lowest BCUT2D eigenvalue weighted by Gasteiger charge is -2.36. The lowest BCUT2D eigenvalue weighted by Crippen LogP contribution is -2.40. The molecule has 1 aromatic heterocycles. The summed E-state index contributed by atoms with van der Waals surface area (Å²) in [4.78, 5) is 11.9. The van der Waals surface area contributed by atoms with Gasteiger partial charge in [-0.3, -0.25) is 4.79 Å². The summed E-state index contributed by atoms with van der Waals surface area (Å²) in [5.41, 5.74) is 5.89. The molecular formula is C38H35N5O2. The summed E-state index contributed by atoms with van der Waals surface area (Å²) in [6, 6.07) is 46.6. The molecule has 0 spiro atoms. The maximum absolute atomic E-state index is 11.9. The number of aliphatic carboxylic acids is 1. The van der Waals surface area contributed by atoms with Gasteiger partial charge in [0.05, 0.1) is 0 Å². The van der Waals surface area contributed by atoms with Gasteiger partial charge in [-0.1, -0.05) is 147 Å². The highest BCUT2D eigenvalue weighted by Crippen LogP contribution is 2.43. The Labute approximate surface area is 263 Å². The van der Waals surface area contributed by atoms with Crippen LogP contribution in [0.3, 0.4) is 0 Å². The van der Waals surface area contributed by atoms with Crippen molar-refractivity contribution < 1.29 is 9.90 Å². The number of tetrazole rings is 1. The van der Waals surface area contributed by atoms with Crippen LogP contribution in [0.5, 0.6) is 0 Å². The summed E-state index contributed by atoms with van der Waals surface area (Å²) in [7, 11) is 0. The molecule has 224 valence electrons. The average Bonchev–Trinajstić information content (AvgIpc) is 3.57. The summed E-state index contributed by atoms with van der Waals surface area (Å²) in [6.07, 6.45) is 0. The fourth-order valence-electron chi connectivity index (χ4n) is 6.08. The van der Waals surface area contributed by atoms with Gasteiger partial charge in [-0.2, -0.15) is 0 Å². The second-order valence-electron chi connectivity index (χ2n) is 11.4. The Kier molecular flexibility index (Phi) is 8.62. The van der Waals surface area contributed by atoms with E-state index in [1.165, 1.54) is 0 Å². The number of nitrogens with one attached hydrogen (secondary N) is 1. The van der Waals surface area contributed by atoms with Crippen LogP contribution in [0.15, 0.2) is 140 Å². The number of carbonyl (C=O) groups is 1. The molecule has 0 fully saturated rings. The standard InChI is InChI=1S/C38H35N5O2/c1-27(2)35(37(44)45)39-26-28-23-24-33(29-15-7-3-8-16-29)34(25-28)36-40-41-42-43(36)38(30-17-9-4-10-18-30,31-19-11-5-12-20-31)32-21-13-6-14-22-32/h3-25,27,35,39H,26H2,1-2H3,(H,44,45)/t35-/m0/s1. The van der Waals surface area contributed by atoms with Crippen LogP contribution in [-0.4, -0.2) is 37.3 Å². The summed E-state index contributed by atoms with van der Waals surface area (Å²) in [5.74, 6) is -0.347. The van der Waals surface area contributed by atoms with Crippen LogP contribution in [0.25, 0.3) is 22.5 Å². The van der Waals surface area contributed by atoms with E-state index in [9.17, 15) is 9.90 Å². The van der Waals surface area contributed by atoms with E-state index >= 15 is 0 Å². The molecule has 0 bridgehead atoms. The summed E-state index contributed by atoms with van der Waals surface area (Å²) < 4.78 is 1.93. The molecule has 0 radical (unpaired) electrons. The van der Waals surface area contributed by atoms with Gasteiger partial charge in [-0.25, -0.2) is 4.68 Å². The van der Waals surface area contributed by atoms with Gasteiger partial charge in [0.1, 0.15) is 11.6 Å². The van der Waals surface area contributed by atoms with Crippen molar-refractivity contribution >= 4 is 5.97 Å². The van der Waals surface area contributed by atoms with Crippen LogP contribution in [0.1, 0.15) is 36.1 Å². The largest absolute Gasteiger partial charge is 0.480 e. The predicted molar refractivity (Wildman–Crippen MR) is 176 cm³/mol. The molecule has 45 heavy (non-hydrogen) atoms. The van der Waals surface area contributed by atoms with Crippen LogP contribution in [0.2, 0.25) is 0 Å². The first-order chi connectivity index (χ1) is 22.0. The van der Waals surface area contributed by atoms with Gasteiger partial charge in [0.25, 0.3) is 0 Å². The second kappa shape index (κ2) is 13.1. The lowest BCUT2D eigenvalue weighted by atomic mass is 9.77. The van der Waals surface area contributed by atoms with Crippen molar-refractivity contribution in [3.05, 3.63) is 162 Å².